The van der Waals surface area contributed by atoms with Gasteiger partial charge in [-0.05, 0) is 61.1 Å². The summed E-state index contributed by atoms with van der Waals surface area (Å²) in [6.45, 7) is 0. The molecule has 0 fully saturated rings. The van der Waals surface area contributed by atoms with E-state index in [2.05, 4.69) is 89.6 Å². The van der Waals surface area contributed by atoms with Crippen LogP contribution in [-0.4, -0.2) is 6.04 Å². The first-order chi connectivity index (χ1) is 11.9. The maximum Gasteiger partial charge on any atom is 0.114 e. The third-order valence-electron chi connectivity index (χ3n) is 4.64. The van der Waals surface area contributed by atoms with Crippen LogP contribution in [-0.2, 0) is 0 Å². The van der Waals surface area contributed by atoms with Gasteiger partial charge in [0, 0.05) is 11.4 Å². The van der Waals surface area contributed by atoms with E-state index in [9.17, 15) is 0 Å². The summed E-state index contributed by atoms with van der Waals surface area (Å²) in [5.41, 5.74) is 4.96. The Morgan fingerprint density at radius 1 is 0.917 bits per heavy atom. The highest BCUT2D eigenvalue weighted by Crippen LogP contribution is 2.35. The monoisotopic (exact) mass is 311 g/mol. The zero-order chi connectivity index (χ0) is 16.2. The molecule has 0 amide bonds. The van der Waals surface area contributed by atoms with Crippen LogP contribution in [0.25, 0.3) is 6.08 Å². The van der Waals surface area contributed by atoms with Crippen molar-refractivity contribution in [2.24, 2.45) is 0 Å². The SMILES string of the molecule is C(#CC1C=Cc2ccccc2N1c1ccccc1)C1=CCCCC1. The summed E-state index contributed by atoms with van der Waals surface area (Å²) < 4.78 is 0. The molecule has 2 aromatic carbocycles. The molecule has 1 aliphatic heterocycles. The number of benzene rings is 2. The largest absolute Gasteiger partial charge is 0.323 e. The highest BCUT2D eigenvalue weighted by molar-refractivity contribution is 5.79. The Kier molecular flexibility index (Phi) is 4.21. The van der Waals surface area contributed by atoms with Gasteiger partial charge in [-0.25, -0.2) is 0 Å². The topological polar surface area (TPSA) is 3.24 Å². The lowest BCUT2D eigenvalue weighted by Crippen LogP contribution is -2.30. The predicted molar refractivity (Wildman–Crippen MR) is 102 cm³/mol. The molecule has 118 valence electrons. The molecule has 0 aromatic heterocycles. The number of hydrogen-bond donors (Lipinski definition) is 0. The van der Waals surface area contributed by atoms with Crippen LogP contribution in [0.2, 0.25) is 0 Å². The van der Waals surface area contributed by atoms with E-state index in [0.29, 0.717) is 0 Å². The Bertz CT molecular complexity index is 833. The van der Waals surface area contributed by atoms with E-state index in [-0.39, 0.29) is 6.04 Å². The summed E-state index contributed by atoms with van der Waals surface area (Å²) in [6, 6.07) is 19.2. The fourth-order valence-electron chi connectivity index (χ4n) is 3.40. The van der Waals surface area contributed by atoms with Gasteiger partial charge in [0.2, 0.25) is 0 Å². The smallest absolute Gasteiger partial charge is 0.114 e. The number of anilines is 2. The first-order valence-corrected chi connectivity index (χ1v) is 8.74. The lowest BCUT2D eigenvalue weighted by atomic mass is 9.98. The number of rotatable bonds is 1. The van der Waals surface area contributed by atoms with E-state index in [1.807, 2.05) is 0 Å². The van der Waals surface area contributed by atoms with E-state index in [4.69, 9.17) is 0 Å². The first-order valence-electron chi connectivity index (χ1n) is 8.74. The summed E-state index contributed by atoms with van der Waals surface area (Å²) in [5.74, 6) is 6.94. The summed E-state index contributed by atoms with van der Waals surface area (Å²) in [7, 11) is 0. The normalized spacial score (nSPS) is 19.1. The van der Waals surface area contributed by atoms with Crippen LogP contribution in [0.1, 0.15) is 31.2 Å². The molecule has 2 aromatic rings. The molecule has 0 saturated carbocycles. The minimum Gasteiger partial charge on any atom is -0.323 e. The van der Waals surface area contributed by atoms with Gasteiger partial charge >= 0.3 is 0 Å². The predicted octanol–water partition coefficient (Wildman–Crippen LogP) is 5.72. The van der Waals surface area contributed by atoms with Gasteiger partial charge in [-0.15, -0.1) is 0 Å². The molecular weight excluding hydrogens is 290 g/mol. The van der Waals surface area contributed by atoms with Gasteiger partial charge in [0.25, 0.3) is 0 Å². The van der Waals surface area contributed by atoms with Gasteiger partial charge in [0.05, 0.1) is 0 Å². The summed E-state index contributed by atoms with van der Waals surface area (Å²) in [4.78, 5) is 2.34. The van der Waals surface area contributed by atoms with Gasteiger partial charge < -0.3 is 4.90 Å². The summed E-state index contributed by atoms with van der Waals surface area (Å²) in [5, 5.41) is 0. The molecule has 4 rings (SSSR count). The van der Waals surface area contributed by atoms with Crippen LogP contribution < -0.4 is 4.90 Å². The Morgan fingerprint density at radius 2 is 1.75 bits per heavy atom. The number of allylic oxidation sites excluding steroid dienone is 2. The van der Waals surface area contributed by atoms with Crippen molar-refractivity contribution in [1.82, 2.24) is 0 Å². The highest BCUT2D eigenvalue weighted by atomic mass is 15.2. The second-order valence-corrected chi connectivity index (χ2v) is 6.31. The van der Waals surface area contributed by atoms with Gasteiger partial charge in [-0.3, -0.25) is 0 Å². The van der Waals surface area contributed by atoms with Crippen molar-refractivity contribution in [3.63, 3.8) is 0 Å². The lowest BCUT2D eigenvalue weighted by Gasteiger charge is -2.33. The fourth-order valence-corrected chi connectivity index (χ4v) is 3.40. The number of para-hydroxylation sites is 2. The molecule has 0 spiro atoms. The van der Waals surface area contributed by atoms with Crippen molar-refractivity contribution in [3.8, 4) is 11.8 Å². The summed E-state index contributed by atoms with van der Waals surface area (Å²) in [6.07, 6.45) is 11.6. The van der Waals surface area contributed by atoms with Gasteiger partial charge in [0.15, 0.2) is 0 Å². The molecule has 0 saturated heterocycles. The molecule has 1 aliphatic carbocycles. The quantitative estimate of drug-likeness (QED) is 0.608. The van der Waals surface area contributed by atoms with Crippen molar-refractivity contribution < 1.29 is 0 Å². The number of hydrogen-bond acceptors (Lipinski definition) is 1. The van der Waals surface area contributed by atoms with Gasteiger partial charge in [0.1, 0.15) is 6.04 Å². The zero-order valence-corrected chi connectivity index (χ0v) is 13.8. The molecule has 1 heterocycles. The van der Waals surface area contributed by atoms with Crippen molar-refractivity contribution in [3.05, 3.63) is 77.9 Å². The molecule has 0 N–H and O–H groups in total. The second-order valence-electron chi connectivity index (χ2n) is 6.31. The van der Waals surface area contributed by atoms with Gasteiger partial charge in [-0.2, -0.15) is 0 Å². The molecule has 0 radical (unpaired) electrons. The molecule has 1 heteroatoms. The molecule has 1 nitrogen and oxygen atoms in total. The maximum atomic E-state index is 3.50. The highest BCUT2D eigenvalue weighted by Gasteiger charge is 2.22. The number of fused-ring (bicyclic) bond motifs is 1. The second kappa shape index (κ2) is 6.81. The van der Waals surface area contributed by atoms with Crippen molar-refractivity contribution in [1.29, 1.82) is 0 Å². The maximum absolute atomic E-state index is 3.50. The Balaban J connectivity index is 1.73. The van der Waals surface area contributed by atoms with E-state index < -0.39 is 0 Å². The van der Waals surface area contributed by atoms with Crippen LogP contribution in [0.5, 0.6) is 0 Å². The van der Waals surface area contributed by atoms with Crippen molar-refractivity contribution in [2.75, 3.05) is 4.90 Å². The minimum absolute atomic E-state index is 0.0742. The molecule has 0 bridgehead atoms. The Morgan fingerprint density at radius 3 is 2.58 bits per heavy atom. The van der Waals surface area contributed by atoms with Crippen molar-refractivity contribution in [2.45, 2.75) is 31.7 Å². The minimum atomic E-state index is 0.0742. The zero-order valence-electron chi connectivity index (χ0n) is 13.8. The Hall–Kier alpha value is -2.72. The molecule has 24 heavy (non-hydrogen) atoms. The lowest BCUT2D eigenvalue weighted by molar-refractivity contribution is 0.715. The molecule has 1 atom stereocenters. The van der Waals surface area contributed by atoms with E-state index in [1.165, 1.54) is 41.8 Å². The molecule has 1 unspecified atom stereocenters. The van der Waals surface area contributed by atoms with E-state index >= 15 is 0 Å². The Labute approximate surface area is 144 Å². The van der Waals surface area contributed by atoms with Crippen LogP contribution >= 0.6 is 0 Å². The van der Waals surface area contributed by atoms with Crippen LogP contribution in [0.3, 0.4) is 0 Å². The van der Waals surface area contributed by atoms with Crippen LogP contribution in [0.4, 0.5) is 11.4 Å². The summed E-state index contributed by atoms with van der Waals surface area (Å²) >= 11 is 0. The number of nitrogens with zero attached hydrogens (tertiary/aromatic N) is 1. The molecule has 2 aliphatic rings. The molecular formula is C23H21N. The fraction of sp³-hybridized carbons (Fsp3) is 0.217. The first kappa shape index (κ1) is 14.8. The van der Waals surface area contributed by atoms with Gasteiger partial charge in [-0.1, -0.05) is 60.4 Å². The average molecular weight is 311 g/mol. The van der Waals surface area contributed by atoms with Crippen molar-refractivity contribution >= 4 is 17.5 Å². The van der Waals surface area contributed by atoms with Crippen LogP contribution in [0, 0.1) is 11.8 Å². The van der Waals surface area contributed by atoms with Crippen LogP contribution in [0.15, 0.2) is 72.3 Å². The average Bonchev–Trinajstić information content (AvgIpc) is 2.67. The third kappa shape index (κ3) is 3.01. The third-order valence-corrected chi connectivity index (χ3v) is 4.64. The standard InChI is InChI=1S/C23H21N/c1-3-9-19(10-4-1)15-17-22-18-16-20-11-7-8-14-23(20)24(22)21-12-5-2-6-13-21/h2,5-9,11-14,16,18,22H,1,3-4,10H2. The van der Waals surface area contributed by atoms with E-state index in [0.717, 1.165) is 6.42 Å². The van der Waals surface area contributed by atoms with E-state index in [1.54, 1.807) is 0 Å².